The lowest BCUT2D eigenvalue weighted by Crippen LogP contribution is -2.44. The van der Waals surface area contributed by atoms with E-state index >= 15 is 0 Å². The molecule has 1 aromatic rings. The molecule has 0 aliphatic heterocycles. The molecule has 1 aromatic heterocycles. The van der Waals surface area contributed by atoms with E-state index in [0.29, 0.717) is 17.2 Å². The molecule has 0 aliphatic rings. The number of thiazole rings is 1. The van der Waals surface area contributed by atoms with Crippen molar-refractivity contribution in [1.82, 2.24) is 10.3 Å². The highest BCUT2D eigenvalue weighted by atomic mass is 32.1. The Morgan fingerprint density at radius 1 is 1.61 bits per heavy atom. The quantitative estimate of drug-likeness (QED) is 0.750. The number of nitrogen functional groups attached to an aromatic ring is 1. The van der Waals surface area contributed by atoms with Crippen molar-refractivity contribution in [3.8, 4) is 0 Å². The van der Waals surface area contributed by atoms with Gasteiger partial charge in [0.05, 0.1) is 12.1 Å². The predicted molar refractivity (Wildman–Crippen MR) is 73.3 cm³/mol. The van der Waals surface area contributed by atoms with E-state index in [4.69, 9.17) is 10.8 Å². The van der Waals surface area contributed by atoms with Crippen LogP contribution in [0.4, 0.5) is 5.13 Å². The van der Waals surface area contributed by atoms with Crippen molar-refractivity contribution >= 4 is 22.4 Å². The summed E-state index contributed by atoms with van der Waals surface area (Å²) in [6.45, 7) is 6.17. The largest absolute Gasteiger partial charge is 0.396 e. The number of aliphatic hydroxyl groups excluding tert-OH is 1. The molecule has 4 N–H and O–H groups in total. The normalized spacial score (nSPS) is 13.3. The van der Waals surface area contributed by atoms with E-state index in [0.717, 1.165) is 0 Å². The lowest BCUT2D eigenvalue weighted by molar-refractivity contribution is -0.122. The topological polar surface area (TPSA) is 88.2 Å². The van der Waals surface area contributed by atoms with Crippen LogP contribution in [0.1, 0.15) is 32.9 Å². The van der Waals surface area contributed by atoms with Crippen LogP contribution in [0.5, 0.6) is 0 Å². The zero-order chi connectivity index (χ0) is 13.8. The van der Waals surface area contributed by atoms with Crippen molar-refractivity contribution in [2.24, 2.45) is 5.41 Å². The molecule has 1 unspecified atom stereocenters. The fourth-order valence-corrected chi connectivity index (χ4v) is 2.23. The highest BCUT2D eigenvalue weighted by Gasteiger charge is 2.25. The molecule has 0 saturated carbocycles. The van der Waals surface area contributed by atoms with Crippen molar-refractivity contribution in [3.05, 3.63) is 11.1 Å². The molecule has 0 aliphatic carbocycles. The Labute approximate surface area is 111 Å². The molecular formula is C12H21N3O2S. The molecule has 0 fully saturated rings. The number of nitrogens with one attached hydrogen (secondary N) is 1. The zero-order valence-electron chi connectivity index (χ0n) is 11.1. The molecule has 0 aromatic carbocycles. The fraction of sp³-hybridized carbons (Fsp3) is 0.667. The van der Waals surface area contributed by atoms with Gasteiger partial charge in [0, 0.05) is 18.0 Å². The Kier molecular flexibility index (Phi) is 5.10. The van der Waals surface area contributed by atoms with Gasteiger partial charge in [-0.3, -0.25) is 4.79 Å². The molecule has 6 heteroatoms. The van der Waals surface area contributed by atoms with Crippen LogP contribution >= 0.6 is 11.3 Å². The SMILES string of the molecule is CC(C)(C)C(CCO)NC(=O)Cc1csc(N)n1. The zero-order valence-corrected chi connectivity index (χ0v) is 11.9. The van der Waals surface area contributed by atoms with Crippen molar-refractivity contribution in [2.75, 3.05) is 12.3 Å². The number of amides is 1. The van der Waals surface area contributed by atoms with Gasteiger partial charge in [0.2, 0.25) is 5.91 Å². The Bertz CT molecular complexity index is 398. The van der Waals surface area contributed by atoms with Crippen LogP contribution in [-0.2, 0) is 11.2 Å². The van der Waals surface area contributed by atoms with E-state index in [9.17, 15) is 4.79 Å². The molecule has 0 spiro atoms. The van der Waals surface area contributed by atoms with Crippen LogP contribution < -0.4 is 11.1 Å². The van der Waals surface area contributed by atoms with Gasteiger partial charge in [-0.25, -0.2) is 4.98 Å². The first-order valence-corrected chi connectivity index (χ1v) is 6.81. The molecule has 1 heterocycles. The number of aromatic nitrogens is 1. The van der Waals surface area contributed by atoms with Crippen molar-refractivity contribution in [1.29, 1.82) is 0 Å². The van der Waals surface area contributed by atoms with E-state index in [1.54, 1.807) is 5.38 Å². The van der Waals surface area contributed by atoms with Crippen molar-refractivity contribution in [3.63, 3.8) is 0 Å². The number of carbonyl (C=O) groups is 1. The molecule has 102 valence electrons. The minimum Gasteiger partial charge on any atom is -0.396 e. The van der Waals surface area contributed by atoms with Gasteiger partial charge in [-0.05, 0) is 11.8 Å². The molecule has 0 saturated heterocycles. The van der Waals surface area contributed by atoms with Gasteiger partial charge in [0.1, 0.15) is 0 Å². The van der Waals surface area contributed by atoms with E-state index in [1.807, 2.05) is 20.8 Å². The van der Waals surface area contributed by atoms with Crippen LogP contribution in [0.25, 0.3) is 0 Å². The number of hydrogen-bond acceptors (Lipinski definition) is 5. The predicted octanol–water partition coefficient (Wildman–Crippen LogP) is 1.18. The van der Waals surface area contributed by atoms with Gasteiger partial charge in [0.25, 0.3) is 0 Å². The number of hydrogen-bond donors (Lipinski definition) is 3. The monoisotopic (exact) mass is 271 g/mol. The summed E-state index contributed by atoms with van der Waals surface area (Å²) < 4.78 is 0. The Morgan fingerprint density at radius 2 is 2.28 bits per heavy atom. The Hall–Kier alpha value is -1.14. The molecule has 18 heavy (non-hydrogen) atoms. The first kappa shape index (κ1) is 14.9. The van der Waals surface area contributed by atoms with Crippen LogP contribution in [-0.4, -0.2) is 28.6 Å². The minimum absolute atomic E-state index is 0.0500. The summed E-state index contributed by atoms with van der Waals surface area (Å²) in [5.74, 6) is -0.0892. The first-order chi connectivity index (χ1) is 8.32. The summed E-state index contributed by atoms with van der Waals surface area (Å²) in [6, 6.07) is -0.0500. The summed E-state index contributed by atoms with van der Waals surface area (Å²) in [5, 5.41) is 14.2. The summed E-state index contributed by atoms with van der Waals surface area (Å²) >= 11 is 1.33. The van der Waals surface area contributed by atoms with Crippen LogP contribution in [0, 0.1) is 5.41 Å². The van der Waals surface area contributed by atoms with Crippen LogP contribution in [0.15, 0.2) is 5.38 Å². The molecule has 1 rings (SSSR count). The number of nitrogens with zero attached hydrogens (tertiary/aromatic N) is 1. The third-order valence-corrected chi connectivity index (χ3v) is 3.43. The van der Waals surface area contributed by atoms with Gasteiger partial charge in [-0.15, -0.1) is 11.3 Å². The smallest absolute Gasteiger partial charge is 0.226 e. The first-order valence-electron chi connectivity index (χ1n) is 5.93. The highest BCUT2D eigenvalue weighted by molar-refractivity contribution is 7.13. The second kappa shape index (κ2) is 6.15. The van der Waals surface area contributed by atoms with Crippen molar-refractivity contribution < 1.29 is 9.90 Å². The highest BCUT2D eigenvalue weighted by Crippen LogP contribution is 2.21. The van der Waals surface area contributed by atoms with Crippen LogP contribution in [0.2, 0.25) is 0 Å². The average Bonchev–Trinajstić information content (AvgIpc) is 2.62. The van der Waals surface area contributed by atoms with E-state index in [2.05, 4.69) is 10.3 Å². The maximum Gasteiger partial charge on any atom is 0.226 e. The summed E-state index contributed by atoms with van der Waals surface area (Å²) in [5.41, 5.74) is 6.12. The second-order valence-corrected chi connectivity index (χ2v) is 6.24. The van der Waals surface area contributed by atoms with Gasteiger partial charge >= 0.3 is 0 Å². The van der Waals surface area contributed by atoms with Crippen molar-refractivity contribution in [2.45, 2.75) is 39.7 Å². The Morgan fingerprint density at radius 3 is 2.72 bits per heavy atom. The van der Waals surface area contributed by atoms with E-state index in [1.165, 1.54) is 11.3 Å². The summed E-state index contributed by atoms with van der Waals surface area (Å²) in [7, 11) is 0. The number of aliphatic hydroxyl groups is 1. The maximum atomic E-state index is 11.9. The molecule has 5 nitrogen and oxygen atoms in total. The standard InChI is InChI=1S/C12H21N3O2S/c1-12(2,3)9(4-5-16)15-10(17)6-8-7-18-11(13)14-8/h7,9,16H,4-6H2,1-3H3,(H2,13,14)(H,15,17). The van der Waals surface area contributed by atoms with Gasteiger partial charge in [-0.1, -0.05) is 20.8 Å². The molecule has 0 radical (unpaired) electrons. The van der Waals surface area contributed by atoms with E-state index < -0.39 is 0 Å². The van der Waals surface area contributed by atoms with Gasteiger partial charge in [0.15, 0.2) is 5.13 Å². The number of nitrogens with two attached hydrogens (primary N) is 1. The second-order valence-electron chi connectivity index (χ2n) is 5.35. The third kappa shape index (κ3) is 4.62. The van der Waals surface area contributed by atoms with Gasteiger partial charge < -0.3 is 16.2 Å². The lowest BCUT2D eigenvalue weighted by atomic mass is 9.85. The number of rotatable bonds is 5. The molecule has 1 amide bonds. The average molecular weight is 271 g/mol. The maximum absolute atomic E-state index is 11.9. The molecular weight excluding hydrogens is 250 g/mol. The summed E-state index contributed by atoms with van der Waals surface area (Å²) in [4.78, 5) is 15.9. The Balaban J connectivity index is 2.56. The van der Waals surface area contributed by atoms with Gasteiger partial charge in [-0.2, -0.15) is 0 Å². The van der Waals surface area contributed by atoms with E-state index in [-0.39, 0.29) is 30.4 Å². The third-order valence-electron chi connectivity index (χ3n) is 2.71. The van der Waals surface area contributed by atoms with Crippen LogP contribution in [0.3, 0.4) is 0 Å². The minimum atomic E-state index is -0.0892. The molecule has 1 atom stereocenters. The fourth-order valence-electron chi connectivity index (χ4n) is 1.66. The molecule has 0 bridgehead atoms. The number of anilines is 1. The summed E-state index contributed by atoms with van der Waals surface area (Å²) in [6.07, 6.45) is 0.778. The lowest BCUT2D eigenvalue weighted by Gasteiger charge is -2.31. The number of carbonyl (C=O) groups excluding carboxylic acids is 1.